The summed E-state index contributed by atoms with van der Waals surface area (Å²) in [6, 6.07) is 0.354. The fourth-order valence-corrected chi connectivity index (χ4v) is 1.22. The smallest absolute Gasteiger partial charge is 0.220 e. The van der Waals surface area contributed by atoms with Crippen LogP contribution in [0.25, 0.3) is 0 Å². The van der Waals surface area contributed by atoms with Crippen LogP contribution < -0.4 is 5.73 Å². The minimum atomic E-state index is -0.262. The molecule has 0 spiro atoms. The Balaban J connectivity index is 2.64. The summed E-state index contributed by atoms with van der Waals surface area (Å²) in [6.07, 6.45) is 4.42. The van der Waals surface area contributed by atoms with E-state index in [1.165, 1.54) is 0 Å². The number of rotatable bonds is 4. The molecule has 0 aliphatic carbocycles. The van der Waals surface area contributed by atoms with E-state index in [0.29, 0.717) is 12.5 Å². The highest BCUT2D eigenvalue weighted by Crippen LogP contribution is 2.10. The monoisotopic (exact) mass is 195 g/mol. The Kier molecular flexibility index (Phi) is 3.28. The third-order valence-electron chi connectivity index (χ3n) is 2.21. The molecule has 0 bridgehead atoms. The Morgan fingerprint density at radius 2 is 2.21 bits per heavy atom. The maximum absolute atomic E-state index is 10.8. The number of nitrogens with zero attached hydrogens (tertiary/aromatic N) is 2. The Morgan fingerprint density at radius 1 is 1.57 bits per heavy atom. The number of nitrogens with two attached hydrogens (primary N) is 1. The number of hydrogen-bond acceptors (Lipinski definition) is 2. The van der Waals surface area contributed by atoms with Crippen LogP contribution in [0, 0.1) is 5.92 Å². The molecule has 4 nitrogen and oxygen atoms in total. The average molecular weight is 195 g/mol. The first-order chi connectivity index (χ1) is 6.50. The molecule has 0 aliphatic rings. The van der Waals surface area contributed by atoms with Crippen LogP contribution in [-0.2, 0) is 11.2 Å². The predicted octanol–water partition coefficient (Wildman–Crippen LogP) is 1.13. The summed E-state index contributed by atoms with van der Waals surface area (Å²) >= 11 is 0. The number of hydrogen-bond donors (Lipinski definition) is 1. The van der Waals surface area contributed by atoms with Crippen LogP contribution in [0.3, 0.4) is 0 Å². The second-order valence-corrected chi connectivity index (χ2v) is 3.93. The SMILES string of the molecule is CC(Cc1cnn(C(C)C)c1)C(N)=O. The summed E-state index contributed by atoms with van der Waals surface area (Å²) < 4.78 is 1.88. The molecule has 14 heavy (non-hydrogen) atoms. The molecular weight excluding hydrogens is 178 g/mol. The van der Waals surface area contributed by atoms with Crippen molar-refractivity contribution in [1.29, 1.82) is 0 Å². The van der Waals surface area contributed by atoms with E-state index < -0.39 is 0 Å². The van der Waals surface area contributed by atoms with Crippen LogP contribution in [0.5, 0.6) is 0 Å². The van der Waals surface area contributed by atoms with Gasteiger partial charge in [0.25, 0.3) is 0 Å². The summed E-state index contributed by atoms with van der Waals surface area (Å²) in [5.74, 6) is -0.387. The molecule has 4 heteroatoms. The molecule has 1 heterocycles. The molecule has 0 fully saturated rings. The number of amides is 1. The summed E-state index contributed by atoms with van der Waals surface area (Å²) in [6.45, 7) is 5.96. The van der Waals surface area contributed by atoms with Crippen molar-refractivity contribution in [2.75, 3.05) is 0 Å². The third kappa shape index (κ3) is 2.58. The molecule has 1 atom stereocenters. The fraction of sp³-hybridized carbons (Fsp3) is 0.600. The van der Waals surface area contributed by atoms with Crippen LogP contribution in [0.4, 0.5) is 0 Å². The molecule has 0 saturated carbocycles. The molecular formula is C10H17N3O. The molecule has 1 aromatic rings. The van der Waals surface area contributed by atoms with Gasteiger partial charge in [-0.05, 0) is 25.8 Å². The first-order valence-electron chi connectivity index (χ1n) is 4.83. The average Bonchev–Trinajstić information content (AvgIpc) is 2.52. The van der Waals surface area contributed by atoms with Gasteiger partial charge in [-0.1, -0.05) is 6.92 Å². The zero-order valence-corrected chi connectivity index (χ0v) is 8.90. The first-order valence-corrected chi connectivity index (χ1v) is 4.83. The number of carbonyl (C=O) groups is 1. The van der Waals surface area contributed by atoms with E-state index in [1.807, 2.05) is 17.8 Å². The fourth-order valence-electron chi connectivity index (χ4n) is 1.22. The molecule has 2 N–H and O–H groups in total. The van der Waals surface area contributed by atoms with Gasteiger partial charge in [-0.25, -0.2) is 0 Å². The quantitative estimate of drug-likeness (QED) is 0.782. The van der Waals surface area contributed by atoms with Gasteiger partial charge in [0.2, 0.25) is 5.91 Å². The first kappa shape index (κ1) is 10.8. The molecule has 0 aromatic carbocycles. The zero-order chi connectivity index (χ0) is 10.7. The van der Waals surface area contributed by atoms with Crippen LogP contribution in [0.1, 0.15) is 32.4 Å². The predicted molar refractivity (Wildman–Crippen MR) is 54.7 cm³/mol. The van der Waals surface area contributed by atoms with Gasteiger partial charge in [-0.2, -0.15) is 5.10 Å². The molecule has 1 aromatic heterocycles. The highest BCUT2D eigenvalue weighted by molar-refractivity contribution is 5.76. The van der Waals surface area contributed by atoms with E-state index in [0.717, 1.165) is 5.56 Å². The topological polar surface area (TPSA) is 60.9 Å². The van der Waals surface area contributed by atoms with Crippen molar-refractivity contribution >= 4 is 5.91 Å². The summed E-state index contributed by atoms with van der Waals surface area (Å²) in [4.78, 5) is 10.8. The van der Waals surface area contributed by atoms with Gasteiger partial charge in [0, 0.05) is 18.2 Å². The lowest BCUT2D eigenvalue weighted by atomic mass is 10.0. The summed E-state index contributed by atoms with van der Waals surface area (Å²) in [5, 5.41) is 4.19. The highest BCUT2D eigenvalue weighted by atomic mass is 16.1. The molecule has 78 valence electrons. The summed E-state index contributed by atoms with van der Waals surface area (Å²) in [5.41, 5.74) is 6.24. The largest absolute Gasteiger partial charge is 0.369 e. The number of primary amides is 1. The van der Waals surface area contributed by atoms with Crippen molar-refractivity contribution in [1.82, 2.24) is 9.78 Å². The van der Waals surface area contributed by atoms with Crippen molar-refractivity contribution in [3.63, 3.8) is 0 Å². The van der Waals surface area contributed by atoms with E-state index in [9.17, 15) is 4.79 Å². The van der Waals surface area contributed by atoms with Gasteiger partial charge in [-0.3, -0.25) is 9.48 Å². The Hall–Kier alpha value is -1.32. The number of aromatic nitrogens is 2. The lowest BCUT2D eigenvalue weighted by Crippen LogP contribution is -2.22. The van der Waals surface area contributed by atoms with Crippen molar-refractivity contribution in [3.05, 3.63) is 18.0 Å². The highest BCUT2D eigenvalue weighted by Gasteiger charge is 2.11. The Bertz CT molecular complexity index is 317. The van der Waals surface area contributed by atoms with Crippen molar-refractivity contribution in [3.8, 4) is 0 Å². The maximum Gasteiger partial charge on any atom is 0.220 e. The standard InChI is InChI=1S/C10H17N3O/c1-7(2)13-6-9(5-12-13)4-8(3)10(11)14/h5-8H,4H2,1-3H3,(H2,11,14). The second-order valence-electron chi connectivity index (χ2n) is 3.93. The minimum Gasteiger partial charge on any atom is -0.369 e. The van der Waals surface area contributed by atoms with Crippen molar-refractivity contribution in [2.24, 2.45) is 11.7 Å². The van der Waals surface area contributed by atoms with E-state index in [4.69, 9.17) is 5.73 Å². The van der Waals surface area contributed by atoms with E-state index in [2.05, 4.69) is 18.9 Å². The maximum atomic E-state index is 10.8. The Labute approximate surface area is 84.1 Å². The molecule has 0 radical (unpaired) electrons. The van der Waals surface area contributed by atoms with Gasteiger partial charge >= 0.3 is 0 Å². The van der Waals surface area contributed by atoms with Gasteiger partial charge in [0.05, 0.1) is 6.20 Å². The van der Waals surface area contributed by atoms with Crippen LogP contribution in [0.15, 0.2) is 12.4 Å². The lowest BCUT2D eigenvalue weighted by molar-refractivity contribution is -0.121. The van der Waals surface area contributed by atoms with Crippen molar-refractivity contribution < 1.29 is 4.79 Å². The van der Waals surface area contributed by atoms with E-state index >= 15 is 0 Å². The minimum absolute atomic E-state index is 0.125. The normalized spacial score (nSPS) is 13.1. The van der Waals surface area contributed by atoms with Gasteiger partial charge in [0.1, 0.15) is 0 Å². The van der Waals surface area contributed by atoms with Crippen LogP contribution in [-0.4, -0.2) is 15.7 Å². The van der Waals surface area contributed by atoms with E-state index in [-0.39, 0.29) is 11.8 Å². The molecule has 1 unspecified atom stereocenters. The van der Waals surface area contributed by atoms with Crippen LogP contribution in [0.2, 0.25) is 0 Å². The lowest BCUT2D eigenvalue weighted by Gasteiger charge is -2.05. The van der Waals surface area contributed by atoms with E-state index in [1.54, 1.807) is 6.20 Å². The molecule has 0 saturated heterocycles. The molecule has 0 aliphatic heterocycles. The van der Waals surface area contributed by atoms with Crippen molar-refractivity contribution in [2.45, 2.75) is 33.2 Å². The van der Waals surface area contributed by atoms with Crippen LogP contribution >= 0.6 is 0 Å². The third-order valence-corrected chi connectivity index (χ3v) is 2.21. The molecule has 1 rings (SSSR count). The Morgan fingerprint density at radius 3 is 2.64 bits per heavy atom. The summed E-state index contributed by atoms with van der Waals surface area (Å²) in [7, 11) is 0. The van der Waals surface area contributed by atoms with Gasteiger partial charge < -0.3 is 5.73 Å². The zero-order valence-electron chi connectivity index (χ0n) is 8.90. The van der Waals surface area contributed by atoms with Gasteiger partial charge in [-0.15, -0.1) is 0 Å². The van der Waals surface area contributed by atoms with Gasteiger partial charge in [0.15, 0.2) is 0 Å². The molecule has 1 amide bonds. The number of carbonyl (C=O) groups excluding carboxylic acids is 1. The second kappa shape index (κ2) is 4.26.